The van der Waals surface area contributed by atoms with Gasteiger partial charge in [-0.05, 0) is 54.4 Å². The standard InChI is InChI=1S/C22H18N8OS/c1-2-5-17-20(32-29-25-17)22(31)24-15-9-7-14(8-10-15)16-11-12-19-26-27-21(30(19)28-16)18-6-3-4-13-23-18/h3-4,6-13H,2,5H2,1H3,(H,24,31). The lowest BCUT2D eigenvalue weighted by atomic mass is 10.1. The summed E-state index contributed by atoms with van der Waals surface area (Å²) in [5, 5.41) is 20.1. The van der Waals surface area contributed by atoms with Gasteiger partial charge >= 0.3 is 0 Å². The molecule has 0 aliphatic heterocycles. The third-order valence-electron chi connectivity index (χ3n) is 4.84. The van der Waals surface area contributed by atoms with Crippen molar-refractivity contribution in [2.45, 2.75) is 19.8 Å². The highest BCUT2D eigenvalue weighted by atomic mass is 32.1. The van der Waals surface area contributed by atoms with Crippen molar-refractivity contribution in [2.24, 2.45) is 0 Å². The van der Waals surface area contributed by atoms with Crippen LogP contribution in [0.3, 0.4) is 0 Å². The highest BCUT2D eigenvalue weighted by Gasteiger charge is 2.16. The maximum Gasteiger partial charge on any atom is 0.269 e. The summed E-state index contributed by atoms with van der Waals surface area (Å²) in [5.74, 6) is 0.382. The van der Waals surface area contributed by atoms with Crippen LogP contribution in [0.25, 0.3) is 28.4 Å². The average Bonchev–Trinajstić information content (AvgIpc) is 3.47. The number of fused-ring (bicyclic) bond motifs is 1. The van der Waals surface area contributed by atoms with Gasteiger partial charge in [0.2, 0.25) is 5.82 Å². The smallest absolute Gasteiger partial charge is 0.269 e. The van der Waals surface area contributed by atoms with Crippen LogP contribution in [0.4, 0.5) is 5.69 Å². The molecule has 0 atom stereocenters. The monoisotopic (exact) mass is 442 g/mol. The fourth-order valence-corrected chi connectivity index (χ4v) is 3.89. The van der Waals surface area contributed by atoms with E-state index in [0.717, 1.165) is 41.3 Å². The molecule has 1 N–H and O–H groups in total. The summed E-state index contributed by atoms with van der Waals surface area (Å²) in [5.41, 5.74) is 4.42. The van der Waals surface area contributed by atoms with E-state index in [9.17, 15) is 4.79 Å². The van der Waals surface area contributed by atoms with Crippen LogP contribution >= 0.6 is 11.5 Å². The summed E-state index contributed by atoms with van der Waals surface area (Å²) in [6.07, 6.45) is 3.35. The van der Waals surface area contributed by atoms with Crippen LogP contribution in [-0.4, -0.2) is 40.3 Å². The van der Waals surface area contributed by atoms with Gasteiger partial charge in [-0.25, -0.2) is 0 Å². The largest absolute Gasteiger partial charge is 0.321 e. The van der Waals surface area contributed by atoms with Crippen molar-refractivity contribution in [3.63, 3.8) is 0 Å². The lowest BCUT2D eigenvalue weighted by Crippen LogP contribution is -2.12. The van der Waals surface area contributed by atoms with Crippen LogP contribution < -0.4 is 5.32 Å². The molecule has 0 radical (unpaired) electrons. The molecule has 0 spiro atoms. The lowest BCUT2D eigenvalue weighted by molar-refractivity contribution is 0.102. The first-order valence-electron chi connectivity index (χ1n) is 10.1. The number of aromatic nitrogens is 7. The van der Waals surface area contributed by atoms with Crippen molar-refractivity contribution in [1.29, 1.82) is 0 Å². The van der Waals surface area contributed by atoms with Gasteiger partial charge in [0.25, 0.3) is 5.91 Å². The summed E-state index contributed by atoms with van der Waals surface area (Å²) in [4.78, 5) is 17.5. The zero-order valence-electron chi connectivity index (χ0n) is 17.1. The minimum Gasteiger partial charge on any atom is -0.321 e. The summed E-state index contributed by atoms with van der Waals surface area (Å²) >= 11 is 1.12. The second kappa shape index (κ2) is 8.60. The number of hydrogen-bond donors (Lipinski definition) is 1. The first-order chi connectivity index (χ1) is 15.7. The van der Waals surface area contributed by atoms with Gasteiger partial charge in [0.1, 0.15) is 10.6 Å². The molecule has 0 bridgehead atoms. The minimum absolute atomic E-state index is 0.194. The number of carbonyl (C=O) groups excluding carboxylic acids is 1. The number of amides is 1. The van der Waals surface area contributed by atoms with Crippen LogP contribution in [0.1, 0.15) is 28.7 Å². The number of anilines is 1. The van der Waals surface area contributed by atoms with E-state index in [-0.39, 0.29) is 5.91 Å². The van der Waals surface area contributed by atoms with Gasteiger partial charge in [0, 0.05) is 17.4 Å². The quantitative estimate of drug-likeness (QED) is 0.424. The van der Waals surface area contributed by atoms with Crippen LogP contribution in [0, 0.1) is 0 Å². The van der Waals surface area contributed by atoms with E-state index in [4.69, 9.17) is 5.10 Å². The van der Waals surface area contributed by atoms with Crippen molar-refractivity contribution in [3.8, 4) is 22.8 Å². The van der Waals surface area contributed by atoms with Crippen molar-refractivity contribution < 1.29 is 4.79 Å². The molecule has 1 amide bonds. The van der Waals surface area contributed by atoms with Gasteiger partial charge in [-0.2, -0.15) is 9.61 Å². The number of nitrogens with one attached hydrogen (secondary N) is 1. The first-order valence-corrected chi connectivity index (χ1v) is 10.9. The highest BCUT2D eigenvalue weighted by molar-refractivity contribution is 7.08. The Hall–Kier alpha value is -4.05. The van der Waals surface area contributed by atoms with E-state index in [0.29, 0.717) is 27.7 Å². The SMILES string of the molecule is CCCc1nnsc1C(=O)Nc1ccc(-c2ccc3nnc(-c4ccccn4)n3n2)cc1. The van der Waals surface area contributed by atoms with Crippen LogP contribution in [0.5, 0.6) is 0 Å². The van der Waals surface area contributed by atoms with Gasteiger partial charge in [-0.1, -0.05) is 36.0 Å². The molecular formula is C22H18N8OS. The lowest BCUT2D eigenvalue weighted by Gasteiger charge is -2.07. The normalized spacial score (nSPS) is 11.0. The molecule has 10 heteroatoms. The molecule has 0 unspecified atom stereocenters. The number of carbonyl (C=O) groups is 1. The third-order valence-corrected chi connectivity index (χ3v) is 5.61. The molecule has 9 nitrogen and oxygen atoms in total. The zero-order valence-corrected chi connectivity index (χ0v) is 18.0. The molecule has 0 aliphatic rings. The number of nitrogens with zero attached hydrogens (tertiary/aromatic N) is 7. The van der Waals surface area contributed by atoms with E-state index >= 15 is 0 Å². The number of aryl methyl sites for hydroxylation is 1. The highest BCUT2D eigenvalue weighted by Crippen LogP contribution is 2.23. The topological polar surface area (TPSA) is 111 Å². The molecule has 4 aromatic heterocycles. The fraction of sp³-hybridized carbons (Fsp3) is 0.136. The summed E-state index contributed by atoms with van der Waals surface area (Å²) in [7, 11) is 0. The third kappa shape index (κ3) is 3.83. The van der Waals surface area contributed by atoms with Gasteiger partial charge in [0.15, 0.2) is 5.65 Å². The Labute approximate surface area is 187 Å². The van der Waals surface area contributed by atoms with Crippen LogP contribution in [-0.2, 0) is 6.42 Å². The minimum atomic E-state index is -0.194. The van der Waals surface area contributed by atoms with E-state index < -0.39 is 0 Å². The molecule has 5 rings (SSSR count). The zero-order chi connectivity index (χ0) is 21.9. The molecular weight excluding hydrogens is 424 g/mol. The summed E-state index contributed by atoms with van der Waals surface area (Å²) in [6.45, 7) is 2.05. The van der Waals surface area contributed by atoms with E-state index in [1.54, 1.807) is 10.7 Å². The molecule has 0 aliphatic carbocycles. The number of benzene rings is 1. The van der Waals surface area contributed by atoms with E-state index in [2.05, 4.69) is 30.1 Å². The summed E-state index contributed by atoms with van der Waals surface area (Å²) < 4.78 is 5.59. The second-order valence-corrected chi connectivity index (χ2v) is 7.81. The molecule has 1 aromatic carbocycles. The van der Waals surface area contributed by atoms with Gasteiger partial charge in [-0.15, -0.1) is 15.3 Å². The van der Waals surface area contributed by atoms with Crippen LogP contribution in [0.15, 0.2) is 60.8 Å². The molecule has 4 heterocycles. The number of rotatable bonds is 6. The average molecular weight is 443 g/mol. The molecule has 0 fully saturated rings. The molecule has 0 saturated carbocycles. The maximum absolute atomic E-state index is 12.6. The predicted octanol–water partition coefficient (Wildman–Crippen LogP) is 3.91. The maximum atomic E-state index is 12.6. The van der Waals surface area contributed by atoms with Crippen molar-refractivity contribution in [2.75, 3.05) is 5.32 Å². The van der Waals surface area contributed by atoms with Crippen LogP contribution in [0.2, 0.25) is 0 Å². The molecule has 0 saturated heterocycles. The van der Waals surface area contributed by atoms with Crippen molar-refractivity contribution >= 4 is 28.8 Å². The Morgan fingerprint density at radius 1 is 1.00 bits per heavy atom. The Morgan fingerprint density at radius 3 is 2.66 bits per heavy atom. The van der Waals surface area contributed by atoms with Crippen molar-refractivity contribution in [3.05, 3.63) is 71.4 Å². The molecule has 158 valence electrons. The first kappa shape index (κ1) is 19.9. The Balaban J connectivity index is 1.39. The molecule has 5 aromatic rings. The number of hydrogen-bond acceptors (Lipinski definition) is 8. The second-order valence-electron chi connectivity index (χ2n) is 7.06. The Bertz CT molecular complexity index is 1380. The van der Waals surface area contributed by atoms with Gasteiger partial charge < -0.3 is 5.32 Å². The van der Waals surface area contributed by atoms with E-state index in [1.807, 2.05) is 61.5 Å². The Morgan fingerprint density at radius 2 is 1.88 bits per heavy atom. The summed E-state index contributed by atoms with van der Waals surface area (Å²) in [6, 6.07) is 16.9. The Kier molecular flexibility index (Phi) is 5.34. The van der Waals surface area contributed by atoms with E-state index in [1.165, 1.54) is 0 Å². The fourth-order valence-electron chi connectivity index (χ4n) is 3.29. The predicted molar refractivity (Wildman–Crippen MR) is 121 cm³/mol. The van der Waals surface area contributed by atoms with Gasteiger partial charge in [0.05, 0.1) is 11.4 Å². The van der Waals surface area contributed by atoms with Crippen molar-refractivity contribution in [1.82, 2.24) is 34.4 Å². The molecule has 32 heavy (non-hydrogen) atoms. The number of pyridine rings is 1. The van der Waals surface area contributed by atoms with Gasteiger partial charge in [-0.3, -0.25) is 9.78 Å².